The summed E-state index contributed by atoms with van der Waals surface area (Å²) in [5.74, 6) is 0. The molecule has 1 aromatic rings. The number of benzene rings is 1. The van der Waals surface area contributed by atoms with Gasteiger partial charge in [-0.3, -0.25) is 14.6 Å². The molecule has 0 unspecified atom stereocenters. The quantitative estimate of drug-likeness (QED) is 0.267. The topological polar surface area (TPSA) is 110 Å². The zero-order chi connectivity index (χ0) is 11.5. The lowest BCUT2D eigenvalue weighted by Gasteiger charge is -2.04. The summed E-state index contributed by atoms with van der Waals surface area (Å²) in [6, 6.07) is 5.36. The lowest BCUT2D eigenvalue weighted by atomic mass is 10.2. The van der Waals surface area contributed by atoms with Crippen LogP contribution >= 0.6 is 7.82 Å². The van der Waals surface area contributed by atoms with E-state index in [1.807, 2.05) is 0 Å². The normalized spacial score (nSPS) is 11.3. The van der Waals surface area contributed by atoms with Gasteiger partial charge >= 0.3 is 7.82 Å². The van der Waals surface area contributed by atoms with Crippen molar-refractivity contribution in [1.82, 2.24) is 0 Å². The average Bonchev–Trinajstić information content (AvgIpc) is 2.14. The summed E-state index contributed by atoms with van der Waals surface area (Å²) in [7, 11) is -4.54. The van der Waals surface area contributed by atoms with Crippen molar-refractivity contribution in [3.05, 3.63) is 39.9 Å². The standard InChI is InChI=1S/C7H8NO6P/c9-8(10)7-3-1-2-6(4-7)5-14-15(11,12)13/h1-4H,5H2,(H2,11,12,13)/i8+1,14+2. The minimum atomic E-state index is -4.54. The SMILES string of the molecule is O=[15N+]([O-])c1cccc(C[18O]P(=O)(O)O)c1. The van der Waals surface area contributed by atoms with Gasteiger partial charge < -0.3 is 9.79 Å². The predicted octanol–water partition coefficient (Wildman–Crippen LogP) is 1.20. The minimum Gasteiger partial charge on any atom is -0.303 e. The van der Waals surface area contributed by atoms with Crippen LogP contribution in [0.25, 0.3) is 0 Å². The Bertz CT molecular complexity index is 414. The molecule has 7 nitrogen and oxygen atoms in total. The molecule has 82 valence electrons. The molecule has 0 spiro atoms. The van der Waals surface area contributed by atoms with Crippen molar-refractivity contribution >= 4 is 13.5 Å². The smallest absolute Gasteiger partial charge is 0.303 e. The largest absolute Gasteiger partial charge is 0.469 e. The first-order valence-electron chi connectivity index (χ1n) is 3.82. The number of non-ortho nitro benzene ring substituents is 1. The van der Waals surface area contributed by atoms with E-state index < -0.39 is 12.7 Å². The van der Waals surface area contributed by atoms with Gasteiger partial charge in [-0.1, -0.05) is 12.1 Å². The zero-order valence-electron chi connectivity index (χ0n) is 7.44. The Hall–Kier alpha value is -1.27. The molecule has 0 aliphatic rings. The molecule has 0 atom stereocenters. The molecule has 0 fully saturated rings. The Labute approximate surface area is 84.7 Å². The van der Waals surface area contributed by atoms with Crippen molar-refractivity contribution in [2.45, 2.75) is 6.61 Å². The van der Waals surface area contributed by atoms with Crippen LogP contribution in [0.5, 0.6) is 0 Å². The van der Waals surface area contributed by atoms with E-state index in [4.69, 9.17) is 9.79 Å². The molecule has 1 rings (SSSR count). The molecule has 0 amide bonds. The maximum absolute atomic E-state index is 10.4. The summed E-state index contributed by atoms with van der Waals surface area (Å²) >= 11 is 0. The summed E-state index contributed by atoms with van der Waals surface area (Å²) in [5, 5.41) is 10.4. The summed E-state index contributed by atoms with van der Waals surface area (Å²) in [5.41, 5.74) is 0.175. The molecule has 0 heterocycles. The highest BCUT2D eigenvalue weighted by Gasteiger charge is 2.14. The van der Waals surface area contributed by atoms with Gasteiger partial charge in [0.15, 0.2) is 0 Å². The van der Waals surface area contributed by atoms with Crippen molar-refractivity contribution in [3.63, 3.8) is 0 Å². The molecule has 0 aliphatic heterocycles. The Morgan fingerprint density at radius 1 is 1.47 bits per heavy atom. The molecular formula is C7H8NO6P. The van der Waals surface area contributed by atoms with E-state index in [0.29, 0.717) is 5.56 Å². The lowest BCUT2D eigenvalue weighted by Crippen LogP contribution is -1.93. The van der Waals surface area contributed by atoms with E-state index in [0.717, 1.165) is 0 Å². The molecule has 8 heteroatoms. The second-order valence-electron chi connectivity index (χ2n) is 2.69. The molecule has 0 aliphatic carbocycles. The molecule has 1 aromatic carbocycles. The Kier molecular flexibility index (Phi) is 3.54. The number of hydrogen-bond acceptors (Lipinski definition) is 4. The van der Waals surface area contributed by atoms with Crippen molar-refractivity contribution in [3.8, 4) is 0 Å². The Balaban J connectivity index is 2.74. The van der Waals surface area contributed by atoms with Crippen LogP contribution in [-0.2, 0) is 15.7 Å². The van der Waals surface area contributed by atoms with Crippen LogP contribution in [0.4, 0.5) is 5.69 Å². The van der Waals surface area contributed by atoms with E-state index in [2.05, 4.69) is 4.52 Å². The van der Waals surface area contributed by atoms with E-state index >= 15 is 0 Å². The van der Waals surface area contributed by atoms with E-state index in [1.165, 1.54) is 24.3 Å². The number of nitro groups is 1. The highest BCUT2D eigenvalue weighted by Crippen LogP contribution is 2.37. The zero-order valence-corrected chi connectivity index (χ0v) is 8.33. The number of phosphoric ester groups is 1. The predicted molar refractivity (Wildman–Crippen MR) is 49.9 cm³/mol. The second kappa shape index (κ2) is 4.50. The fourth-order valence-corrected chi connectivity index (χ4v) is 1.24. The highest BCUT2D eigenvalue weighted by molar-refractivity contribution is 7.46. The molecule has 2 N–H and O–H groups in total. The maximum Gasteiger partial charge on any atom is 0.469 e. The van der Waals surface area contributed by atoms with Crippen molar-refractivity contribution in [2.75, 3.05) is 0 Å². The molecule has 0 saturated heterocycles. The molecule has 0 radical (unpaired) electrons. The maximum atomic E-state index is 10.4. The molecule has 15 heavy (non-hydrogen) atoms. The second-order valence-corrected chi connectivity index (χ2v) is 3.93. The van der Waals surface area contributed by atoms with Crippen LogP contribution in [0.15, 0.2) is 24.3 Å². The van der Waals surface area contributed by atoms with Crippen molar-refractivity contribution in [2.24, 2.45) is 0 Å². The fourth-order valence-electron chi connectivity index (χ4n) is 0.918. The number of rotatable bonds is 4. The molecule has 0 saturated carbocycles. The van der Waals surface area contributed by atoms with E-state index in [-0.39, 0.29) is 12.3 Å². The van der Waals surface area contributed by atoms with Crippen LogP contribution in [0.3, 0.4) is 0 Å². The number of phosphoric acid groups is 1. The third-order valence-electron chi connectivity index (χ3n) is 1.52. The van der Waals surface area contributed by atoms with Gasteiger partial charge in [-0.25, -0.2) is 4.57 Å². The summed E-state index contributed by atoms with van der Waals surface area (Å²) < 4.78 is 14.6. The molecular weight excluding hydrogens is 228 g/mol. The van der Waals surface area contributed by atoms with Crippen molar-refractivity contribution in [1.29, 1.82) is 0 Å². The van der Waals surface area contributed by atoms with Gasteiger partial charge in [-0.2, -0.15) is 0 Å². The fraction of sp³-hybridized carbons (Fsp3) is 0.143. The summed E-state index contributed by atoms with van der Waals surface area (Å²) in [4.78, 5) is 26.6. The summed E-state index contributed by atoms with van der Waals surface area (Å²) in [6.45, 7) is -0.369. The molecule has 0 aromatic heterocycles. The average molecular weight is 236 g/mol. The highest BCUT2D eigenvalue weighted by atomic mass is 31.2. The first-order valence-corrected chi connectivity index (χ1v) is 5.35. The molecule has 0 bridgehead atoms. The minimum absolute atomic E-state index is 0.151. The number of hydrogen-bond donors (Lipinski definition) is 2. The third-order valence-corrected chi connectivity index (χ3v) is 1.99. The Morgan fingerprint density at radius 2 is 2.13 bits per heavy atom. The first-order chi connectivity index (χ1) is 6.88. The van der Waals surface area contributed by atoms with Crippen LogP contribution in [0.1, 0.15) is 5.56 Å². The van der Waals surface area contributed by atoms with Gasteiger partial charge in [0.1, 0.15) is 0 Å². The van der Waals surface area contributed by atoms with Gasteiger partial charge in [-0.05, 0) is 5.56 Å². The van der Waals surface area contributed by atoms with E-state index in [9.17, 15) is 14.7 Å². The van der Waals surface area contributed by atoms with Crippen LogP contribution < -0.4 is 0 Å². The monoisotopic (exact) mass is 236 g/mol. The van der Waals surface area contributed by atoms with Crippen LogP contribution in [0.2, 0.25) is 0 Å². The van der Waals surface area contributed by atoms with Gasteiger partial charge in [0.2, 0.25) is 0 Å². The lowest BCUT2D eigenvalue weighted by molar-refractivity contribution is -0.384. The first kappa shape index (κ1) is 11.8. The van der Waals surface area contributed by atoms with Crippen molar-refractivity contribution < 1.29 is 23.8 Å². The Morgan fingerprint density at radius 3 is 2.67 bits per heavy atom. The van der Waals surface area contributed by atoms with Gasteiger partial charge in [0, 0.05) is 12.1 Å². The van der Waals surface area contributed by atoms with Crippen LogP contribution in [0, 0.1) is 10.1 Å². The van der Waals surface area contributed by atoms with Gasteiger partial charge in [0.25, 0.3) is 5.69 Å². The number of nitrogens with zero attached hydrogens (tertiary/aromatic N) is 1. The summed E-state index contributed by atoms with van der Waals surface area (Å²) in [6.07, 6.45) is 0. The van der Waals surface area contributed by atoms with Gasteiger partial charge in [-0.15, -0.1) is 0 Å². The van der Waals surface area contributed by atoms with E-state index in [1.54, 1.807) is 0 Å². The van der Waals surface area contributed by atoms with Gasteiger partial charge in [0.05, 0.1) is 11.5 Å². The van der Waals surface area contributed by atoms with Crippen LogP contribution in [-0.4, -0.2) is 14.7 Å². The number of nitro benzene ring substituents is 1. The third kappa shape index (κ3) is 4.18.